The topological polar surface area (TPSA) is 75.6 Å². The van der Waals surface area contributed by atoms with Gasteiger partial charge in [0, 0.05) is 16.6 Å². The first-order valence-corrected chi connectivity index (χ1v) is 10.6. The molecule has 0 saturated heterocycles. The van der Waals surface area contributed by atoms with E-state index in [2.05, 4.69) is 4.72 Å². The van der Waals surface area contributed by atoms with Crippen molar-refractivity contribution in [1.29, 1.82) is 0 Å². The maximum absolute atomic E-state index is 12.1. The third-order valence-electron chi connectivity index (χ3n) is 4.24. The minimum atomic E-state index is -3.39. The lowest BCUT2D eigenvalue weighted by molar-refractivity contribution is 0.276. The van der Waals surface area contributed by atoms with Gasteiger partial charge < -0.3 is 9.84 Å². The summed E-state index contributed by atoms with van der Waals surface area (Å²) in [4.78, 5) is 0. The Bertz CT molecular complexity index is 1030. The number of nitrogens with one attached hydrogen (secondary N) is 1. The molecule has 2 N–H and O–H groups in total. The van der Waals surface area contributed by atoms with E-state index >= 15 is 0 Å². The number of rotatable bonds is 8. The fraction of sp³-hybridized carbons (Fsp3) is 0.238. The Morgan fingerprint density at radius 2 is 1.78 bits per heavy atom. The Kier molecular flexibility index (Phi) is 5.98. The second kappa shape index (κ2) is 8.41. The zero-order valence-electron chi connectivity index (χ0n) is 15.2. The second-order valence-electron chi connectivity index (χ2n) is 6.33. The van der Waals surface area contributed by atoms with E-state index in [0.29, 0.717) is 29.2 Å². The summed E-state index contributed by atoms with van der Waals surface area (Å²) >= 11 is 0. The predicted molar refractivity (Wildman–Crippen MR) is 109 cm³/mol. The van der Waals surface area contributed by atoms with Crippen LogP contribution in [0, 0.1) is 0 Å². The van der Waals surface area contributed by atoms with Gasteiger partial charge in [-0.15, -0.1) is 0 Å². The number of fused-ring (bicyclic) bond motifs is 1. The highest BCUT2D eigenvalue weighted by Gasteiger charge is 2.13. The number of sulfonamides is 1. The van der Waals surface area contributed by atoms with Gasteiger partial charge in [-0.3, -0.25) is 4.72 Å². The summed E-state index contributed by atoms with van der Waals surface area (Å²) in [6.07, 6.45) is 1.41. The van der Waals surface area contributed by atoms with Gasteiger partial charge in [-0.2, -0.15) is 0 Å². The zero-order chi connectivity index (χ0) is 19.3. The van der Waals surface area contributed by atoms with Crippen molar-refractivity contribution < 1.29 is 18.3 Å². The van der Waals surface area contributed by atoms with E-state index in [0.717, 1.165) is 17.2 Å². The molecule has 3 aromatic carbocycles. The second-order valence-corrected chi connectivity index (χ2v) is 8.18. The van der Waals surface area contributed by atoms with Crippen molar-refractivity contribution >= 4 is 26.5 Å². The lowest BCUT2D eigenvalue weighted by atomic mass is 10.1. The Hall–Kier alpha value is -2.57. The van der Waals surface area contributed by atoms with Crippen LogP contribution < -0.4 is 9.46 Å². The van der Waals surface area contributed by atoms with Crippen molar-refractivity contribution in [2.45, 2.75) is 26.4 Å². The molecule has 0 bridgehead atoms. The lowest BCUT2D eigenvalue weighted by Gasteiger charge is -2.14. The van der Waals surface area contributed by atoms with Gasteiger partial charge in [0.05, 0.1) is 12.4 Å². The first-order valence-electron chi connectivity index (χ1n) is 8.92. The number of aliphatic hydroxyl groups excluding tert-OH is 1. The molecule has 0 atom stereocenters. The smallest absolute Gasteiger partial charge is 0.232 e. The highest BCUT2D eigenvalue weighted by Crippen LogP contribution is 2.33. The van der Waals surface area contributed by atoms with Crippen LogP contribution in [-0.4, -0.2) is 19.3 Å². The van der Waals surface area contributed by atoms with Crippen molar-refractivity contribution in [2.24, 2.45) is 0 Å². The van der Waals surface area contributed by atoms with Crippen molar-refractivity contribution in [3.05, 3.63) is 66.2 Å². The number of anilines is 1. The SMILES string of the molecule is CCCCS(=O)(=O)Nc1ccc(Oc2cccc3ccccc23)c(CO)c1. The van der Waals surface area contributed by atoms with Gasteiger partial charge in [0.15, 0.2) is 0 Å². The molecular formula is C21H23NO4S. The van der Waals surface area contributed by atoms with Crippen LogP contribution in [0.3, 0.4) is 0 Å². The van der Waals surface area contributed by atoms with Crippen LogP contribution in [0.2, 0.25) is 0 Å². The average Bonchev–Trinajstić information content (AvgIpc) is 2.67. The molecule has 0 fully saturated rings. The summed E-state index contributed by atoms with van der Waals surface area (Å²) in [6.45, 7) is 1.68. The van der Waals surface area contributed by atoms with Crippen LogP contribution >= 0.6 is 0 Å². The molecule has 0 heterocycles. The van der Waals surface area contributed by atoms with Crippen LogP contribution in [0.25, 0.3) is 10.8 Å². The first-order chi connectivity index (χ1) is 13.0. The van der Waals surface area contributed by atoms with Gasteiger partial charge in [-0.05, 0) is 36.1 Å². The van der Waals surface area contributed by atoms with Gasteiger partial charge in [0.25, 0.3) is 0 Å². The van der Waals surface area contributed by atoms with Crippen molar-refractivity contribution in [3.8, 4) is 11.5 Å². The average molecular weight is 385 g/mol. The standard InChI is InChI=1S/C21H23NO4S/c1-2-3-13-27(24,25)22-18-11-12-20(17(14-18)15-23)26-21-10-6-8-16-7-4-5-9-19(16)21/h4-12,14,22-23H,2-3,13,15H2,1H3. The van der Waals surface area contributed by atoms with E-state index in [9.17, 15) is 13.5 Å². The summed E-state index contributed by atoms with van der Waals surface area (Å²) in [5.74, 6) is 1.25. The molecule has 27 heavy (non-hydrogen) atoms. The maximum atomic E-state index is 12.1. The molecule has 6 heteroatoms. The Morgan fingerprint density at radius 1 is 1.00 bits per heavy atom. The number of hydrogen-bond acceptors (Lipinski definition) is 4. The fourth-order valence-electron chi connectivity index (χ4n) is 2.83. The monoisotopic (exact) mass is 385 g/mol. The molecule has 0 aliphatic carbocycles. The van der Waals surface area contributed by atoms with Crippen molar-refractivity contribution in [1.82, 2.24) is 0 Å². The molecule has 0 aliphatic heterocycles. The van der Waals surface area contributed by atoms with E-state index in [-0.39, 0.29) is 12.4 Å². The molecule has 0 aliphatic rings. The summed E-state index contributed by atoms with van der Waals surface area (Å²) in [7, 11) is -3.39. The van der Waals surface area contributed by atoms with Crippen LogP contribution in [-0.2, 0) is 16.6 Å². The van der Waals surface area contributed by atoms with Crippen molar-refractivity contribution in [3.63, 3.8) is 0 Å². The third kappa shape index (κ3) is 4.78. The minimum Gasteiger partial charge on any atom is -0.456 e. The number of hydrogen-bond donors (Lipinski definition) is 2. The largest absolute Gasteiger partial charge is 0.456 e. The van der Waals surface area contributed by atoms with E-state index in [4.69, 9.17) is 4.74 Å². The van der Waals surface area contributed by atoms with Crippen LogP contribution in [0.15, 0.2) is 60.7 Å². The normalized spacial score (nSPS) is 11.5. The Labute approximate surface area is 159 Å². The fourth-order valence-corrected chi connectivity index (χ4v) is 4.09. The molecule has 5 nitrogen and oxygen atoms in total. The molecule has 0 spiro atoms. The Balaban J connectivity index is 1.86. The molecule has 0 aromatic heterocycles. The van der Waals surface area contributed by atoms with Crippen LogP contribution in [0.5, 0.6) is 11.5 Å². The molecule has 142 valence electrons. The summed E-state index contributed by atoms with van der Waals surface area (Å²) in [5, 5.41) is 11.7. The number of aliphatic hydroxyl groups is 1. The highest BCUT2D eigenvalue weighted by molar-refractivity contribution is 7.92. The number of unbranched alkanes of at least 4 members (excludes halogenated alkanes) is 1. The molecular weight excluding hydrogens is 362 g/mol. The van der Waals surface area contributed by atoms with E-state index in [1.165, 1.54) is 0 Å². The summed E-state index contributed by atoms with van der Waals surface area (Å²) in [6, 6.07) is 18.6. The minimum absolute atomic E-state index is 0.0756. The predicted octanol–water partition coefficient (Wildman–Crippen LogP) is 4.67. The van der Waals surface area contributed by atoms with Gasteiger partial charge in [-0.25, -0.2) is 8.42 Å². The van der Waals surface area contributed by atoms with E-state index in [1.54, 1.807) is 18.2 Å². The lowest BCUT2D eigenvalue weighted by Crippen LogP contribution is -2.16. The van der Waals surface area contributed by atoms with Crippen LogP contribution in [0.4, 0.5) is 5.69 Å². The molecule has 3 aromatic rings. The molecule has 3 rings (SSSR count). The summed E-state index contributed by atoms with van der Waals surface area (Å²) in [5.41, 5.74) is 0.930. The Morgan fingerprint density at radius 3 is 2.56 bits per heavy atom. The van der Waals surface area contributed by atoms with Gasteiger partial charge in [-0.1, -0.05) is 49.7 Å². The van der Waals surface area contributed by atoms with E-state index < -0.39 is 10.0 Å². The molecule has 0 radical (unpaired) electrons. The number of ether oxygens (including phenoxy) is 1. The molecule has 0 saturated carbocycles. The molecule has 0 amide bonds. The maximum Gasteiger partial charge on any atom is 0.232 e. The zero-order valence-corrected chi connectivity index (χ0v) is 16.0. The third-order valence-corrected chi connectivity index (χ3v) is 5.61. The molecule has 0 unspecified atom stereocenters. The first kappa shape index (κ1) is 19.2. The van der Waals surface area contributed by atoms with Gasteiger partial charge in [0.2, 0.25) is 10.0 Å². The van der Waals surface area contributed by atoms with Gasteiger partial charge >= 0.3 is 0 Å². The van der Waals surface area contributed by atoms with Crippen molar-refractivity contribution in [2.75, 3.05) is 10.5 Å². The van der Waals surface area contributed by atoms with E-state index in [1.807, 2.05) is 49.4 Å². The summed E-state index contributed by atoms with van der Waals surface area (Å²) < 4.78 is 32.7. The van der Waals surface area contributed by atoms with Crippen LogP contribution in [0.1, 0.15) is 25.3 Å². The highest BCUT2D eigenvalue weighted by atomic mass is 32.2. The van der Waals surface area contributed by atoms with Gasteiger partial charge in [0.1, 0.15) is 11.5 Å². The number of benzene rings is 3. The quantitative estimate of drug-likeness (QED) is 0.591.